The molecule has 1 N–H and O–H groups in total. The van der Waals surface area contributed by atoms with Crippen LogP contribution in [0.3, 0.4) is 0 Å². The third kappa shape index (κ3) is 2.13. The van der Waals surface area contributed by atoms with Crippen molar-refractivity contribution < 1.29 is 9.53 Å². The van der Waals surface area contributed by atoms with Crippen LogP contribution in [0, 0.1) is 6.92 Å². The molecule has 0 aliphatic carbocycles. The lowest BCUT2D eigenvalue weighted by Crippen LogP contribution is -2.17. The second-order valence-corrected chi connectivity index (χ2v) is 5.80. The number of amides is 1. The normalized spacial score (nSPS) is 12.2. The Kier molecular flexibility index (Phi) is 2.90. The molecule has 8 heteroatoms. The van der Waals surface area contributed by atoms with E-state index in [0.717, 1.165) is 27.6 Å². The van der Waals surface area contributed by atoms with E-state index in [1.54, 1.807) is 18.6 Å². The monoisotopic (exact) mass is 313 g/mol. The predicted molar refractivity (Wildman–Crippen MR) is 81.1 cm³/mol. The molecule has 0 atom stereocenters. The van der Waals surface area contributed by atoms with Crippen LogP contribution in [0.4, 0.5) is 9.93 Å². The van der Waals surface area contributed by atoms with E-state index in [2.05, 4.69) is 20.3 Å². The Balaban J connectivity index is 1.67. The molecule has 0 saturated carbocycles. The van der Waals surface area contributed by atoms with Gasteiger partial charge in [0.2, 0.25) is 0 Å². The summed E-state index contributed by atoms with van der Waals surface area (Å²) in [5, 5.41) is 3.30. The number of thiazole rings is 1. The van der Waals surface area contributed by atoms with E-state index in [4.69, 9.17) is 4.74 Å². The second-order valence-electron chi connectivity index (χ2n) is 4.81. The summed E-state index contributed by atoms with van der Waals surface area (Å²) in [6, 6.07) is 1.67. The highest BCUT2D eigenvalue weighted by atomic mass is 32.1. The molecule has 1 aliphatic rings. The number of hydrogen-bond acceptors (Lipinski definition) is 6. The fourth-order valence-electron chi connectivity index (χ4n) is 2.23. The summed E-state index contributed by atoms with van der Waals surface area (Å²) in [5.41, 5.74) is 2.70. The van der Waals surface area contributed by atoms with Gasteiger partial charge in [-0.2, -0.15) is 0 Å². The average molecular weight is 313 g/mol. The number of nitrogens with zero attached hydrogens (tertiary/aromatic N) is 4. The summed E-state index contributed by atoms with van der Waals surface area (Å²) < 4.78 is 7.01. The van der Waals surface area contributed by atoms with Crippen molar-refractivity contribution in [3.63, 3.8) is 0 Å². The number of aryl methyl sites for hydroxylation is 1. The Hall–Kier alpha value is -2.74. The minimum Gasteiger partial charge on any atom is -0.485 e. The standard InChI is InChI=1S/C14H11N5O2S/c1-8-4-9-11(5-16-8)21-6-10-12(9)22-13(17-10)18-14(20)19-3-2-15-7-19/h2-5,7H,6H2,1H3,(H,17,18,20). The van der Waals surface area contributed by atoms with Crippen LogP contribution in [0.1, 0.15) is 11.4 Å². The summed E-state index contributed by atoms with van der Waals surface area (Å²) in [5.74, 6) is 0.745. The highest BCUT2D eigenvalue weighted by molar-refractivity contribution is 7.19. The van der Waals surface area contributed by atoms with E-state index in [-0.39, 0.29) is 6.03 Å². The lowest BCUT2D eigenvalue weighted by Gasteiger charge is -2.15. The molecular formula is C14H11N5O2S. The number of anilines is 1. The highest BCUT2D eigenvalue weighted by Gasteiger charge is 2.23. The number of hydrogen-bond donors (Lipinski definition) is 1. The van der Waals surface area contributed by atoms with Gasteiger partial charge < -0.3 is 4.74 Å². The molecule has 7 nitrogen and oxygen atoms in total. The molecule has 0 fully saturated rings. The van der Waals surface area contributed by atoms with Crippen molar-refractivity contribution in [2.45, 2.75) is 13.5 Å². The van der Waals surface area contributed by atoms with Crippen LogP contribution in [0.25, 0.3) is 10.4 Å². The SMILES string of the molecule is Cc1cc2c(cn1)OCc1nc(NC(=O)n3ccnc3)sc1-2. The molecule has 4 rings (SSSR count). The van der Waals surface area contributed by atoms with Crippen LogP contribution in [0.5, 0.6) is 5.75 Å². The van der Waals surface area contributed by atoms with Gasteiger partial charge in [0.15, 0.2) is 5.13 Å². The molecule has 0 saturated heterocycles. The molecule has 110 valence electrons. The number of rotatable bonds is 1. The van der Waals surface area contributed by atoms with E-state index >= 15 is 0 Å². The van der Waals surface area contributed by atoms with E-state index in [9.17, 15) is 4.79 Å². The zero-order valence-electron chi connectivity index (χ0n) is 11.6. The van der Waals surface area contributed by atoms with Crippen LogP contribution >= 0.6 is 11.3 Å². The third-order valence-corrected chi connectivity index (χ3v) is 4.31. The number of ether oxygens (including phenoxy) is 1. The zero-order valence-corrected chi connectivity index (χ0v) is 12.4. The lowest BCUT2D eigenvalue weighted by molar-refractivity contribution is 0.253. The maximum absolute atomic E-state index is 12.0. The summed E-state index contributed by atoms with van der Waals surface area (Å²) in [7, 11) is 0. The number of pyridine rings is 1. The first kappa shape index (κ1) is 13.0. The van der Waals surface area contributed by atoms with Gasteiger partial charge in [-0.1, -0.05) is 11.3 Å². The smallest absolute Gasteiger partial charge is 0.333 e. The largest absolute Gasteiger partial charge is 0.485 e. The van der Waals surface area contributed by atoms with Crippen LogP contribution in [0.2, 0.25) is 0 Å². The number of carbonyl (C=O) groups excluding carboxylic acids is 1. The quantitative estimate of drug-likeness (QED) is 0.747. The molecule has 22 heavy (non-hydrogen) atoms. The van der Waals surface area contributed by atoms with Gasteiger partial charge in [-0.05, 0) is 13.0 Å². The fourth-order valence-corrected chi connectivity index (χ4v) is 3.21. The van der Waals surface area contributed by atoms with E-state index < -0.39 is 0 Å². The Morgan fingerprint density at radius 3 is 3.23 bits per heavy atom. The zero-order chi connectivity index (χ0) is 15.1. The van der Waals surface area contributed by atoms with Gasteiger partial charge in [0, 0.05) is 23.7 Å². The van der Waals surface area contributed by atoms with Crippen molar-refractivity contribution in [2.24, 2.45) is 0 Å². The number of aromatic nitrogens is 4. The van der Waals surface area contributed by atoms with Gasteiger partial charge >= 0.3 is 6.03 Å². The summed E-state index contributed by atoms with van der Waals surface area (Å²) >= 11 is 1.43. The summed E-state index contributed by atoms with van der Waals surface area (Å²) in [6.45, 7) is 2.31. The van der Waals surface area contributed by atoms with Gasteiger partial charge in [-0.25, -0.2) is 14.8 Å². The average Bonchev–Trinajstić information content (AvgIpc) is 3.16. The first-order valence-electron chi connectivity index (χ1n) is 6.59. The maximum Gasteiger partial charge on any atom is 0.333 e. The molecule has 1 amide bonds. The van der Waals surface area contributed by atoms with E-state index in [1.807, 2.05) is 13.0 Å². The summed E-state index contributed by atoms with van der Waals surface area (Å²) in [4.78, 5) is 25.5. The van der Waals surface area contributed by atoms with E-state index in [1.165, 1.54) is 22.2 Å². The minimum absolute atomic E-state index is 0.296. The first-order chi connectivity index (χ1) is 10.7. The Bertz CT molecular complexity index is 856. The predicted octanol–water partition coefficient (Wildman–Crippen LogP) is 2.68. The third-order valence-electron chi connectivity index (χ3n) is 3.26. The van der Waals surface area contributed by atoms with E-state index in [0.29, 0.717) is 11.7 Å². The molecule has 1 aliphatic heterocycles. The Morgan fingerprint density at radius 2 is 2.41 bits per heavy atom. The number of carbonyl (C=O) groups is 1. The molecule has 3 aromatic rings. The fraction of sp³-hybridized carbons (Fsp3) is 0.143. The van der Waals surface area contributed by atoms with Gasteiger partial charge in [0.1, 0.15) is 18.7 Å². The Morgan fingerprint density at radius 1 is 1.50 bits per heavy atom. The van der Waals surface area contributed by atoms with Gasteiger partial charge in [-0.15, -0.1) is 0 Å². The topological polar surface area (TPSA) is 81.9 Å². The van der Waals surface area contributed by atoms with Crippen molar-refractivity contribution >= 4 is 22.5 Å². The molecular weight excluding hydrogens is 302 g/mol. The van der Waals surface area contributed by atoms with Crippen molar-refractivity contribution in [1.29, 1.82) is 0 Å². The summed E-state index contributed by atoms with van der Waals surface area (Å²) in [6.07, 6.45) is 6.29. The number of nitrogens with one attached hydrogen (secondary N) is 1. The van der Waals surface area contributed by atoms with Gasteiger partial charge in [0.25, 0.3) is 0 Å². The lowest BCUT2D eigenvalue weighted by atomic mass is 10.1. The second kappa shape index (κ2) is 4.92. The molecule has 0 bridgehead atoms. The first-order valence-corrected chi connectivity index (χ1v) is 7.41. The van der Waals surface area contributed by atoms with Crippen molar-refractivity contribution in [3.05, 3.63) is 42.4 Å². The number of fused-ring (bicyclic) bond motifs is 3. The number of imidazole rings is 1. The van der Waals surface area contributed by atoms with Crippen LogP contribution in [-0.2, 0) is 6.61 Å². The van der Waals surface area contributed by atoms with Crippen molar-refractivity contribution in [2.75, 3.05) is 5.32 Å². The highest BCUT2D eigenvalue weighted by Crippen LogP contribution is 2.42. The van der Waals surface area contributed by atoms with Gasteiger partial charge in [0.05, 0.1) is 16.8 Å². The van der Waals surface area contributed by atoms with Crippen LogP contribution < -0.4 is 10.1 Å². The van der Waals surface area contributed by atoms with Crippen LogP contribution in [0.15, 0.2) is 31.0 Å². The minimum atomic E-state index is -0.296. The molecule has 0 spiro atoms. The van der Waals surface area contributed by atoms with Crippen molar-refractivity contribution in [3.8, 4) is 16.2 Å². The van der Waals surface area contributed by atoms with Crippen molar-refractivity contribution in [1.82, 2.24) is 19.5 Å². The molecule has 0 unspecified atom stereocenters. The molecule has 4 heterocycles. The molecule has 0 aromatic carbocycles. The maximum atomic E-state index is 12.0. The van der Waals surface area contributed by atoms with Gasteiger partial charge in [-0.3, -0.25) is 14.9 Å². The molecule has 0 radical (unpaired) electrons. The molecule has 3 aromatic heterocycles. The Labute approximate surface area is 129 Å². The van der Waals surface area contributed by atoms with Crippen LogP contribution in [-0.4, -0.2) is 25.6 Å².